The van der Waals surface area contributed by atoms with Crippen molar-refractivity contribution in [2.24, 2.45) is 5.73 Å². The molecule has 0 bridgehead atoms. The number of rotatable bonds is 5. The maximum Gasteiger partial charge on any atom is 0.254 e. The predicted octanol–water partition coefficient (Wildman–Crippen LogP) is 2.10. The van der Waals surface area contributed by atoms with Crippen LogP contribution in [0.4, 0.5) is 5.82 Å². The minimum absolute atomic E-state index is 0. The first-order valence-electron chi connectivity index (χ1n) is 8.54. The van der Waals surface area contributed by atoms with E-state index in [0.717, 1.165) is 5.82 Å². The third-order valence-corrected chi connectivity index (χ3v) is 4.24. The smallest absolute Gasteiger partial charge is 0.254 e. The molecule has 0 unspecified atom stereocenters. The van der Waals surface area contributed by atoms with Crippen LogP contribution in [0.25, 0.3) is 0 Å². The Morgan fingerprint density at radius 1 is 1.18 bits per heavy atom. The van der Waals surface area contributed by atoms with Crippen LogP contribution in [-0.4, -0.2) is 55.1 Å². The molecule has 0 radical (unpaired) electrons. The van der Waals surface area contributed by atoms with Gasteiger partial charge in [-0.05, 0) is 30.3 Å². The minimum Gasteiger partial charge on any atom is -0.492 e. The van der Waals surface area contributed by atoms with Gasteiger partial charge in [-0.3, -0.25) is 4.79 Å². The van der Waals surface area contributed by atoms with Gasteiger partial charge in [0.25, 0.3) is 5.91 Å². The molecular formula is C19H23Cl2N5O2. The lowest BCUT2D eigenvalue weighted by molar-refractivity contribution is 0.0746. The molecule has 1 fully saturated rings. The monoisotopic (exact) mass is 423 g/mol. The Labute approximate surface area is 176 Å². The second kappa shape index (κ2) is 11.3. The SMILES string of the molecule is Cl.Cl.N#Cc1ccc(N2CCN(C(=O)c3cccc(OCCN)c3)CC2)nc1. The number of hydrogen-bond acceptors (Lipinski definition) is 6. The Morgan fingerprint density at radius 2 is 1.93 bits per heavy atom. The molecule has 2 aromatic rings. The Morgan fingerprint density at radius 3 is 2.54 bits per heavy atom. The number of carbonyl (C=O) groups is 1. The third kappa shape index (κ3) is 5.73. The Hall–Kier alpha value is -2.53. The number of nitrogens with two attached hydrogens (primary N) is 1. The fourth-order valence-corrected chi connectivity index (χ4v) is 2.86. The van der Waals surface area contributed by atoms with Crippen LogP contribution in [0, 0.1) is 11.3 Å². The molecule has 2 N–H and O–H groups in total. The summed E-state index contributed by atoms with van der Waals surface area (Å²) in [6.45, 7) is 3.50. The Balaban J connectivity index is 0.00000196. The molecule has 2 heterocycles. The van der Waals surface area contributed by atoms with Crippen LogP contribution in [0.5, 0.6) is 5.75 Å². The Kier molecular flexibility index (Phi) is 9.52. The van der Waals surface area contributed by atoms with E-state index < -0.39 is 0 Å². The van der Waals surface area contributed by atoms with Crippen LogP contribution in [0.1, 0.15) is 15.9 Å². The molecular weight excluding hydrogens is 401 g/mol. The number of nitrogens with zero attached hydrogens (tertiary/aromatic N) is 4. The van der Waals surface area contributed by atoms with Crippen molar-refractivity contribution in [3.05, 3.63) is 53.7 Å². The molecule has 3 rings (SSSR count). The van der Waals surface area contributed by atoms with Crippen LogP contribution in [0.2, 0.25) is 0 Å². The first kappa shape index (κ1) is 23.5. The standard InChI is InChI=1S/C19H21N5O2.2ClH/c20-6-11-26-17-3-1-2-16(12-17)19(25)24-9-7-23(8-10-24)18-5-4-15(13-21)14-22-18;;/h1-5,12,14H,6-11,20H2;2*1H. The number of anilines is 1. The lowest BCUT2D eigenvalue weighted by atomic mass is 10.1. The molecule has 0 saturated carbocycles. The van der Waals surface area contributed by atoms with E-state index >= 15 is 0 Å². The highest BCUT2D eigenvalue weighted by Crippen LogP contribution is 2.18. The third-order valence-electron chi connectivity index (χ3n) is 4.24. The van der Waals surface area contributed by atoms with Gasteiger partial charge in [-0.25, -0.2) is 4.98 Å². The van der Waals surface area contributed by atoms with Gasteiger partial charge in [-0.1, -0.05) is 6.07 Å². The zero-order valence-corrected chi connectivity index (χ0v) is 16.9. The fourth-order valence-electron chi connectivity index (χ4n) is 2.86. The van der Waals surface area contributed by atoms with Gasteiger partial charge in [0.05, 0.1) is 5.56 Å². The highest BCUT2D eigenvalue weighted by molar-refractivity contribution is 5.94. The average Bonchev–Trinajstić information content (AvgIpc) is 2.72. The molecule has 9 heteroatoms. The van der Waals surface area contributed by atoms with E-state index in [2.05, 4.69) is 16.0 Å². The quantitative estimate of drug-likeness (QED) is 0.790. The highest BCUT2D eigenvalue weighted by atomic mass is 35.5. The first-order valence-corrected chi connectivity index (χ1v) is 8.54. The number of amides is 1. The zero-order chi connectivity index (χ0) is 18.4. The maximum atomic E-state index is 12.7. The summed E-state index contributed by atoms with van der Waals surface area (Å²) >= 11 is 0. The van der Waals surface area contributed by atoms with E-state index in [1.807, 2.05) is 23.1 Å². The van der Waals surface area contributed by atoms with Crippen LogP contribution < -0.4 is 15.4 Å². The van der Waals surface area contributed by atoms with E-state index in [9.17, 15) is 4.79 Å². The maximum absolute atomic E-state index is 12.7. The van der Waals surface area contributed by atoms with Crippen LogP contribution in [0.15, 0.2) is 42.6 Å². The van der Waals surface area contributed by atoms with E-state index in [0.29, 0.717) is 56.2 Å². The van der Waals surface area contributed by atoms with Gasteiger partial charge in [-0.15, -0.1) is 24.8 Å². The van der Waals surface area contributed by atoms with Crippen molar-refractivity contribution >= 4 is 36.5 Å². The lowest BCUT2D eigenvalue weighted by Crippen LogP contribution is -2.49. The number of piperazine rings is 1. The number of pyridine rings is 1. The number of aromatic nitrogens is 1. The molecule has 1 amide bonds. The molecule has 0 spiro atoms. The normalized spacial score (nSPS) is 13.0. The van der Waals surface area contributed by atoms with Crippen molar-refractivity contribution in [1.82, 2.24) is 9.88 Å². The zero-order valence-electron chi connectivity index (χ0n) is 15.3. The van der Waals surface area contributed by atoms with Crippen molar-refractivity contribution in [1.29, 1.82) is 5.26 Å². The topological polar surface area (TPSA) is 95.5 Å². The average molecular weight is 424 g/mol. The molecule has 1 saturated heterocycles. The fraction of sp³-hybridized carbons (Fsp3) is 0.316. The van der Waals surface area contributed by atoms with E-state index in [1.165, 1.54) is 0 Å². The second-order valence-corrected chi connectivity index (χ2v) is 5.96. The van der Waals surface area contributed by atoms with Crippen molar-refractivity contribution in [2.75, 3.05) is 44.2 Å². The molecule has 1 aromatic carbocycles. The van der Waals surface area contributed by atoms with E-state index in [4.69, 9.17) is 15.7 Å². The molecule has 7 nitrogen and oxygen atoms in total. The summed E-state index contributed by atoms with van der Waals surface area (Å²) in [5.74, 6) is 1.48. The van der Waals surface area contributed by atoms with Gasteiger partial charge < -0.3 is 20.3 Å². The van der Waals surface area contributed by atoms with Crippen LogP contribution >= 0.6 is 24.8 Å². The summed E-state index contributed by atoms with van der Waals surface area (Å²) in [6, 6.07) is 12.9. The van der Waals surface area contributed by atoms with E-state index in [1.54, 1.807) is 24.4 Å². The molecule has 1 aliphatic rings. The Bertz CT molecular complexity index is 803. The summed E-state index contributed by atoms with van der Waals surface area (Å²) in [5.41, 5.74) is 6.60. The number of benzene rings is 1. The van der Waals surface area contributed by atoms with Crippen molar-refractivity contribution in [2.45, 2.75) is 0 Å². The molecule has 0 aliphatic carbocycles. The van der Waals surface area contributed by atoms with Gasteiger partial charge in [-0.2, -0.15) is 5.26 Å². The molecule has 150 valence electrons. The van der Waals surface area contributed by atoms with Crippen LogP contribution in [0.3, 0.4) is 0 Å². The summed E-state index contributed by atoms with van der Waals surface area (Å²) in [4.78, 5) is 21.0. The van der Waals surface area contributed by atoms with Gasteiger partial charge in [0.2, 0.25) is 0 Å². The summed E-state index contributed by atoms with van der Waals surface area (Å²) < 4.78 is 5.49. The number of halogens is 2. The minimum atomic E-state index is -0.00404. The highest BCUT2D eigenvalue weighted by Gasteiger charge is 2.23. The van der Waals surface area contributed by atoms with Gasteiger partial charge in [0.15, 0.2) is 0 Å². The van der Waals surface area contributed by atoms with Crippen molar-refractivity contribution in [3.8, 4) is 11.8 Å². The van der Waals surface area contributed by atoms with Gasteiger partial charge >= 0.3 is 0 Å². The van der Waals surface area contributed by atoms with Crippen molar-refractivity contribution < 1.29 is 9.53 Å². The number of carbonyl (C=O) groups excluding carboxylic acids is 1. The molecule has 0 atom stereocenters. The summed E-state index contributed by atoms with van der Waals surface area (Å²) in [5, 5.41) is 8.85. The molecule has 1 aromatic heterocycles. The van der Waals surface area contributed by atoms with Crippen molar-refractivity contribution in [3.63, 3.8) is 0 Å². The summed E-state index contributed by atoms with van der Waals surface area (Å²) in [7, 11) is 0. The predicted molar refractivity (Wildman–Crippen MR) is 113 cm³/mol. The van der Waals surface area contributed by atoms with Gasteiger partial charge in [0, 0.05) is 44.5 Å². The summed E-state index contributed by atoms with van der Waals surface area (Å²) in [6.07, 6.45) is 1.57. The number of ether oxygens (including phenoxy) is 1. The number of nitriles is 1. The largest absolute Gasteiger partial charge is 0.492 e. The van der Waals surface area contributed by atoms with E-state index in [-0.39, 0.29) is 30.7 Å². The number of hydrogen-bond donors (Lipinski definition) is 1. The lowest BCUT2D eigenvalue weighted by Gasteiger charge is -2.35. The first-order chi connectivity index (χ1) is 12.7. The van der Waals surface area contributed by atoms with Gasteiger partial charge in [0.1, 0.15) is 24.2 Å². The second-order valence-electron chi connectivity index (χ2n) is 5.96. The molecule has 1 aliphatic heterocycles. The molecule has 28 heavy (non-hydrogen) atoms. The van der Waals surface area contributed by atoms with Crippen LogP contribution in [-0.2, 0) is 0 Å².